The lowest BCUT2D eigenvalue weighted by Gasteiger charge is -2.17. The number of ether oxygens (including phenoxy) is 2. The quantitative estimate of drug-likeness (QED) is 0.514. The monoisotopic (exact) mass is 267 g/mol. The maximum absolute atomic E-state index is 11.9. The van der Waals surface area contributed by atoms with E-state index in [0.29, 0.717) is 26.4 Å². The van der Waals surface area contributed by atoms with Crippen LogP contribution in [0.2, 0.25) is 0 Å². The fourth-order valence-corrected chi connectivity index (χ4v) is 1.65. The Morgan fingerprint density at radius 3 is 2.68 bits per heavy atom. The topological polar surface area (TPSA) is 67.8 Å². The van der Waals surface area contributed by atoms with Crippen LogP contribution >= 0.6 is 0 Å². The van der Waals surface area contributed by atoms with Gasteiger partial charge in [-0.25, -0.2) is 4.79 Å². The smallest absolute Gasteiger partial charge is 0.327 e. The second-order valence-corrected chi connectivity index (χ2v) is 3.89. The van der Waals surface area contributed by atoms with Gasteiger partial charge in [-0.05, 0) is 12.5 Å². The van der Waals surface area contributed by atoms with Gasteiger partial charge in [0, 0.05) is 6.54 Å². The lowest BCUT2D eigenvalue weighted by atomic mass is 10.1. The number of carbonyl (C=O) groups excluding carboxylic acids is 1. The van der Waals surface area contributed by atoms with Crippen LogP contribution in [0.25, 0.3) is 0 Å². The van der Waals surface area contributed by atoms with Crippen molar-refractivity contribution < 1.29 is 19.4 Å². The first-order valence-electron chi connectivity index (χ1n) is 6.43. The van der Waals surface area contributed by atoms with Gasteiger partial charge in [0.1, 0.15) is 6.04 Å². The summed E-state index contributed by atoms with van der Waals surface area (Å²) >= 11 is 0. The third-order valence-electron chi connectivity index (χ3n) is 2.49. The fourth-order valence-electron chi connectivity index (χ4n) is 1.65. The molecule has 0 aromatic heterocycles. The number of aliphatic hydroxyl groups excluding tert-OH is 1. The van der Waals surface area contributed by atoms with Crippen LogP contribution in [0, 0.1) is 0 Å². The van der Waals surface area contributed by atoms with Gasteiger partial charge in [0.25, 0.3) is 0 Å². The molecule has 0 saturated heterocycles. The zero-order valence-electron chi connectivity index (χ0n) is 11.2. The summed E-state index contributed by atoms with van der Waals surface area (Å²) in [5.41, 5.74) is 0.864. The Morgan fingerprint density at radius 2 is 2.05 bits per heavy atom. The third-order valence-corrected chi connectivity index (χ3v) is 2.49. The van der Waals surface area contributed by atoms with Crippen LogP contribution in [-0.4, -0.2) is 44.0 Å². The Morgan fingerprint density at radius 1 is 1.32 bits per heavy atom. The molecule has 1 unspecified atom stereocenters. The molecular formula is C14H21NO4. The summed E-state index contributed by atoms with van der Waals surface area (Å²) in [7, 11) is 0. The Labute approximate surface area is 113 Å². The van der Waals surface area contributed by atoms with Crippen LogP contribution in [0.1, 0.15) is 18.5 Å². The van der Waals surface area contributed by atoms with Gasteiger partial charge in [-0.3, -0.25) is 5.32 Å². The van der Waals surface area contributed by atoms with E-state index in [-0.39, 0.29) is 12.6 Å². The molecule has 1 aromatic carbocycles. The molecule has 0 spiro atoms. The molecule has 5 heteroatoms. The van der Waals surface area contributed by atoms with Gasteiger partial charge in [-0.1, -0.05) is 30.3 Å². The molecule has 1 atom stereocenters. The van der Waals surface area contributed by atoms with Crippen molar-refractivity contribution in [3.63, 3.8) is 0 Å². The third kappa shape index (κ3) is 5.83. The van der Waals surface area contributed by atoms with Gasteiger partial charge in [-0.15, -0.1) is 0 Å². The van der Waals surface area contributed by atoms with E-state index >= 15 is 0 Å². The van der Waals surface area contributed by atoms with E-state index in [9.17, 15) is 4.79 Å². The number of aliphatic hydroxyl groups is 1. The highest BCUT2D eigenvalue weighted by Crippen LogP contribution is 2.13. The minimum atomic E-state index is -0.487. The van der Waals surface area contributed by atoms with Crippen molar-refractivity contribution in [1.82, 2.24) is 5.32 Å². The summed E-state index contributed by atoms with van der Waals surface area (Å²) in [5.74, 6) is -0.296. The molecule has 0 heterocycles. The van der Waals surface area contributed by atoms with Gasteiger partial charge in [0.05, 0.1) is 26.4 Å². The highest BCUT2D eigenvalue weighted by Gasteiger charge is 2.20. The van der Waals surface area contributed by atoms with E-state index in [4.69, 9.17) is 14.6 Å². The highest BCUT2D eigenvalue weighted by atomic mass is 16.5. The van der Waals surface area contributed by atoms with Gasteiger partial charge >= 0.3 is 5.97 Å². The number of hydrogen-bond donors (Lipinski definition) is 2. The molecule has 1 aromatic rings. The van der Waals surface area contributed by atoms with E-state index in [1.807, 2.05) is 30.3 Å². The predicted octanol–water partition coefficient (Wildman–Crippen LogP) is 0.889. The molecule has 0 aliphatic heterocycles. The van der Waals surface area contributed by atoms with Gasteiger partial charge in [0.2, 0.25) is 0 Å². The van der Waals surface area contributed by atoms with Crippen LogP contribution in [-0.2, 0) is 14.3 Å². The highest BCUT2D eigenvalue weighted by molar-refractivity contribution is 5.77. The normalized spacial score (nSPS) is 12.1. The number of esters is 1. The number of carbonyl (C=O) groups is 1. The molecule has 0 aliphatic rings. The molecule has 0 amide bonds. The number of benzene rings is 1. The average Bonchev–Trinajstić information content (AvgIpc) is 2.44. The Bertz CT molecular complexity index is 356. The van der Waals surface area contributed by atoms with Crippen molar-refractivity contribution in [3.8, 4) is 0 Å². The van der Waals surface area contributed by atoms with E-state index in [1.54, 1.807) is 6.92 Å². The molecule has 5 nitrogen and oxygen atoms in total. The molecule has 0 bridgehead atoms. The van der Waals surface area contributed by atoms with Crippen molar-refractivity contribution in [2.24, 2.45) is 0 Å². The van der Waals surface area contributed by atoms with Crippen molar-refractivity contribution in [3.05, 3.63) is 35.9 Å². The van der Waals surface area contributed by atoms with Gasteiger partial charge in [0.15, 0.2) is 0 Å². The molecule has 1 rings (SSSR count). The van der Waals surface area contributed by atoms with Crippen molar-refractivity contribution in [1.29, 1.82) is 0 Å². The maximum Gasteiger partial charge on any atom is 0.327 e. The second kappa shape index (κ2) is 9.49. The molecule has 106 valence electrons. The molecule has 19 heavy (non-hydrogen) atoms. The zero-order chi connectivity index (χ0) is 13.9. The van der Waals surface area contributed by atoms with E-state index in [0.717, 1.165) is 5.56 Å². The predicted molar refractivity (Wildman–Crippen MR) is 71.7 cm³/mol. The Hall–Kier alpha value is -1.43. The van der Waals surface area contributed by atoms with E-state index < -0.39 is 6.04 Å². The molecule has 2 N–H and O–H groups in total. The molecular weight excluding hydrogens is 246 g/mol. The van der Waals surface area contributed by atoms with E-state index in [2.05, 4.69) is 5.32 Å². The first-order chi connectivity index (χ1) is 9.29. The largest absolute Gasteiger partial charge is 0.465 e. The van der Waals surface area contributed by atoms with Crippen LogP contribution in [0.5, 0.6) is 0 Å². The Balaban J connectivity index is 2.53. The minimum absolute atomic E-state index is 0.00000971. The first kappa shape index (κ1) is 15.6. The van der Waals surface area contributed by atoms with Gasteiger partial charge < -0.3 is 14.6 Å². The SMILES string of the molecule is CCOC(=O)C(NCCOCCO)c1ccccc1. The summed E-state index contributed by atoms with van der Waals surface area (Å²) in [5, 5.41) is 11.7. The molecule has 0 saturated carbocycles. The molecule has 0 aliphatic carbocycles. The summed E-state index contributed by atoms with van der Waals surface area (Å²) in [4.78, 5) is 11.9. The zero-order valence-corrected chi connectivity index (χ0v) is 11.2. The second-order valence-electron chi connectivity index (χ2n) is 3.89. The summed E-state index contributed by atoms with van der Waals surface area (Å²) < 4.78 is 10.2. The number of rotatable bonds is 9. The van der Waals surface area contributed by atoms with E-state index in [1.165, 1.54) is 0 Å². The van der Waals surface area contributed by atoms with Crippen LogP contribution in [0.15, 0.2) is 30.3 Å². The summed E-state index contributed by atoms with van der Waals surface area (Å²) in [6.45, 7) is 3.38. The van der Waals surface area contributed by atoms with Crippen molar-refractivity contribution in [2.75, 3.05) is 33.0 Å². The van der Waals surface area contributed by atoms with Crippen LogP contribution in [0.3, 0.4) is 0 Å². The van der Waals surface area contributed by atoms with Crippen molar-refractivity contribution >= 4 is 5.97 Å². The lowest BCUT2D eigenvalue weighted by molar-refractivity contribution is -0.145. The number of nitrogens with one attached hydrogen (secondary N) is 1. The molecule has 0 radical (unpaired) electrons. The van der Waals surface area contributed by atoms with Crippen molar-refractivity contribution in [2.45, 2.75) is 13.0 Å². The minimum Gasteiger partial charge on any atom is -0.465 e. The first-order valence-corrected chi connectivity index (χ1v) is 6.43. The van der Waals surface area contributed by atoms with Crippen LogP contribution < -0.4 is 5.32 Å². The van der Waals surface area contributed by atoms with Gasteiger partial charge in [-0.2, -0.15) is 0 Å². The summed E-state index contributed by atoms with van der Waals surface area (Å²) in [6, 6.07) is 8.93. The maximum atomic E-state index is 11.9. The standard InChI is InChI=1S/C14H21NO4/c1-2-19-14(17)13(12-6-4-3-5-7-12)15-8-10-18-11-9-16/h3-7,13,15-16H,2,8-11H2,1H3. The van der Waals surface area contributed by atoms with Crippen LogP contribution in [0.4, 0.5) is 0 Å². The average molecular weight is 267 g/mol. The lowest BCUT2D eigenvalue weighted by Crippen LogP contribution is -2.32. The Kier molecular flexibility index (Phi) is 7.81. The number of hydrogen-bond acceptors (Lipinski definition) is 5. The summed E-state index contributed by atoms with van der Waals surface area (Å²) in [6.07, 6.45) is 0. The molecule has 0 fully saturated rings. The fraction of sp³-hybridized carbons (Fsp3) is 0.500.